The van der Waals surface area contributed by atoms with E-state index < -0.39 is 0 Å². The highest BCUT2D eigenvalue weighted by molar-refractivity contribution is 5.30. The maximum Gasteiger partial charge on any atom is 0.0683 e. The first-order valence-electron chi connectivity index (χ1n) is 7.11. The minimum absolute atomic E-state index is 0.0986. The van der Waals surface area contributed by atoms with Crippen molar-refractivity contribution in [2.24, 2.45) is 11.7 Å². The highest BCUT2D eigenvalue weighted by Crippen LogP contribution is 2.49. The molecule has 2 N–H and O–H groups in total. The Morgan fingerprint density at radius 3 is 2.37 bits per heavy atom. The van der Waals surface area contributed by atoms with Gasteiger partial charge in [-0.1, -0.05) is 29.8 Å². The highest BCUT2D eigenvalue weighted by Gasteiger charge is 2.52. The Morgan fingerprint density at radius 1 is 1.26 bits per heavy atom. The van der Waals surface area contributed by atoms with Crippen LogP contribution in [-0.2, 0) is 10.3 Å². The lowest BCUT2D eigenvalue weighted by molar-refractivity contribution is -0.0814. The van der Waals surface area contributed by atoms with Gasteiger partial charge in [0.1, 0.15) is 0 Å². The minimum Gasteiger partial charge on any atom is -0.369 e. The zero-order valence-corrected chi connectivity index (χ0v) is 13.1. The third-order valence-corrected chi connectivity index (χ3v) is 4.44. The number of benzene rings is 1. The Hall–Kier alpha value is -0.860. The molecule has 1 aromatic carbocycles. The predicted molar refractivity (Wildman–Crippen MR) is 80.1 cm³/mol. The molecule has 1 aliphatic heterocycles. The number of hydrogen-bond acceptors (Lipinski definition) is 2. The molecule has 0 amide bonds. The van der Waals surface area contributed by atoms with Crippen molar-refractivity contribution in [3.63, 3.8) is 0 Å². The molecule has 0 aliphatic carbocycles. The molecule has 1 aliphatic rings. The van der Waals surface area contributed by atoms with Crippen LogP contribution in [0.2, 0.25) is 0 Å². The predicted octanol–water partition coefficient (Wildman–Crippen LogP) is 3.76. The largest absolute Gasteiger partial charge is 0.369 e. The smallest absolute Gasteiger partial charge is 0.0683 e. The van der Waals surface area contributed by atoms with Crippen molar-refractivity contribution in [1.29, 1.82) is 0 Å². The number of nitrogens with two attached hydrogens (primary N) is 1. The molecule has 0 spiro atoms. The van der Waals surface area contributed by atoms with Gasteiger partial charge in [-0.2, -0.15) is 0 Å². The molecule has 2 nitrogen and oxygen atoms in total. The van der Waals surface area contributed by atoms with E-state index >= 15 is 0 Å². The Balaban J connectivity index is 2.39. The van der Waals surface area contributed by atoms with Gasteiger partial charge in [-0.05, 0) is 53.5 Å². The summed E-state index contributed by atoms with van der Waals surface area (Å²) >= 11 is 0. The number of ether oxygens (including phenoxy) is 1. The zero-order valence-electron chi connectivity index (χ0n) is 13.1. The summed E-state index contributed by atoms with van der Waals surface area (Å²) in [5.74, 6) is 0.303. The molecule has 2 rings (SSSR count). The fourth-order valence-electron chi connectivity index (χ4n) is 3.68. The summed E-state index contributed by atoms with van der Waals surface area (Å²) in [4.78, 5) is 0. The second-order valence-corrected chi connectivity index (χ2v) is 7.37. The topological polar surface area (TPSA) is 35.2 Å². The van der Waals surface area contributed by atoms with E-state index in [2.05, 4.69) is 65.8 Å². The fraction of sp³-hybridized carbons (Fsp3) is 0.647. The standard InChI is InChI=1S/C17H27NO/c1-12-8-7-9-13(10-12)17(6,18)14-11-15(2,3)19-16(14,4)5/h7-10,14H,11,18H2,1-6H3. The van der Waals surface area contributed by atoms with Crippen LogP contribution < -0.4 is 5.73 Å². The van der Waals surface area contributed by atoms with Crippen LogP contribution in [0.25, 0.3) is 0 Å². The van der Waals surface area contributed by atoms with Crippen LogP contribution in [0.15, 0.2) is 24.3 Å². The molecule has 2 atom stereocenters. The van der Waals surface area contributed by atoms with E-state index in [9.17, 15) is 0 Å². The van der Waals surface area contributed by atoms with Gasteiger partial charge in [0.2, 0.25) is 0 Å². The molecule has 19 heavy (non-hydrogen) atoms. The monoisotopic (exact) mass is 261 g/mol. The fourth-order valence-corrected chi connectivity index (χ4v) is 3.68. The molecule has 2 unspecified atom stereocenters. The molecular formula is C17H27NO. The van der Waals surface area contributed by atoms with Crippen molar-refractivity contribution < 1.29 is 4.74 Å². The van der Waals surface area contributed by atoms with E-state index in [4.69, 9.17) is 10.5 Å². The van der Waals surface area contributed by atoms with Crippen LogP contribution in [0.1, 0.15) is 52.2 Å². The number of hydrogen-bond donors (Lipinski definition) is 1. The van der Waals surface area contributed by atoms with Gasteiger partial charge in [-0.25, -0.2) is 0 Å². The second-order valence-electron chi connectivity index (χ2n) is 7.37. The summed E-state index contributed by atoms with van der Waals surface area (Å²) in [7, 11) is 0. The van der Waals surface area contributed by atoms with Gasteiger partial charge in [-0.15, -0.1) is 0 Å². The number of aryl methyl sites for hydroxylation is 1. The Morgan fingerprint density at radius 2 is 1.89 bits per heavy atom. The summed E-state index contributed by atoms with van der Waals surface area (Å²) in [6.45, 7) is 12.9. The van der Waals surface area contributed by atoms with Crippen molar-refractivity contribution >= 4 is 0 Å². The molecule has 1 aromatic rings. The SMILES string of the molecule is Cc1cccc(C(C)(N)C2CC(C)(C)OC2(C)C)c1. The first-order chi connectivity index (χ1) is 8.55. The van der Waals surface area contributed by atoms with Crippen molar-refractivity contribution in [3.05, 3.63) is 35.4 Å². The molecular weight excluding hydrogens is 234 g/mol. The molecule has 2 heteroatoms. The summed E-state index contributed by atoms with van der Waals surface area (Å²) in [5.41, 5.74) is 8.52. The minimum atomic E-state index is -0.372. The van der Waals surface area contributed by atoms with Gasteiger partial charge in [0.05, 0.1) is 11.2 Å². The first kappa shape index (κ1) is 14.5. The normalized spacial score (nSPS) is 28.1. The third kappa shape index (κ3) is 2.70. The average Bonchev–Trinajstić information content (AvgIpc) is 2.47. The molecule has 106 valence electrons. The van der Waals surface area contributed by atoms with E-state index in [0.29, 0.717) is 5.92 Å². The van der Waals surface area contributed by atoms with Crippen molar-refractivity contribution in [2.45, 2.75) is 64.7 Å². The summed E-state index contributed by atoms with van der Waals surface area (Å²) in [6, 6.07) is 8.53. The van der Waals surface area contributed by atoms with Crippen LogP contribution in [0, 0.1) is 12.8 Å². The maximum atomic E-state index is 6.73. The van der Waals surface area contributed by atoms with Gasteiger partial charge < -0.3 is 10.5 Å². The Labute approximate surface area is 117 Å². The van der Waals surface area contributed by atoms with E-state index in [0.717, 1.165) is 6.42 Å². The van der Waals surface area contributed by atoms with Crippen LogP contribution in [0.5, 0.6) is 0 Å². The summed E-state index contributed by atoms with van der Waals surface area (Å²) in [5, 5.41) is 0. The van der Waals surface area contributed by atoms with Crippen LogP contribution in [0.3, 0.4) is 0 Å². The lowest BCUT2D eigenvalue weighted by Gasteiger charge is -2.39. The zero-order chi connectivity index (χ0) is 14.5. The molecule has 1 fully saturated rings. The first-order valence-corrected chi connectivity index (χ1v) is 7.11. The van der Waals surface area contributed by atoms with E-state index in [-0.39, 0.29) is 16.7 Å². The Bertz CT molecular complexity index is 474. The van der Waals surface area contributed by atoms with E-state index in [1.54, 1.807) is 0 Å². The van der Waals surface area contributed by atoms with Gasteiger partial charge in [-0.3, -0.25) is 0 Å². The van der Waals surface area contributed by atoms with Crippen LogP contribution in [-0.4, -0.2) is 11.2 Å². The quantitative estimate of drug-likeness (QED) is 0.879. The van der Waals surface area contributed by atoms with E-state index in [1.807, 2.05) is 0 Å². The van der Waals surface area contributed by atoms with Crippen LogP contribution in [0.4, 0.5) is 0 Å². The molecule has 0 bridgehead atoms. The molecule has 0 saturated carbocycles. The third-order valence-electron chi connectivity index (χ3n) is 4.44. The van der Waals surface area contributed by atoms with Gasteiger partial charge >= 0.3 is 0 Å². The number of rotatable bonds is 2. The second kappa shape index (κ2) is 4.32. The van der Waals surface area contributed by atoms with Crippen LogP contribution >= 0.6 is 0 Å². The van der Waals surface area contributed by atoms with Crippen molar-refractivity contribution in [3.8, 4) is 0 Å². The lowest BCUT2D eigenvalue weighted by atomic mass is 9.70. The molecule has 1 heterocycles. The van der Waals surface area contributed by atoms with E-state index in [1.165, 1.54) is 11.1 Å². The maximum absolute atomic E-state index is 6.73. The lowest BCUT2D eigenvalue weighted by Crippen LogP contribution is -2.48. The van der Waals surface area contributed by atoms with Gasteiger partial charge in [0, 0.05) is 11.5 Å². The molecule has 0 radical (unpaired) electrons. The summed E-state index contributed by atoms with van der Waals surface area (Å²) in [6.07, 6.45) is 0.987. The van der Waals surface area contributed by atoms with Crippen molar-refractivity contribution in [2.75, 3.05) is 0 Å². The Kier molecular flexibility index (Phi) is 3.31. The van der Waals surface area contributed by atoms with Gasteiger partial charge in [0.15, 0.2) is 0 Å². The van der Waals surface area contributed by atoms with Crippen molar-refractivity contribution in [1.82, 2.24) is 0 Å². The summed E-state index contributed by atoms with van der Waals surface area (Å²) < 4.78 is 6.21. The molecule has 0 aromatic heterocycles. The van der Waals surface area contributed by atoms with Gasteiger partial charge in [0.25, 0.3) is 0 Å². The molecule has 1 saturated heterocycles. The highest BCUT2D eigenvalue weighted by atomic mass is 16.5. The average molecular weight is 261 g/mol.